The van der Waals surface area contributed by atoms with Crippen LogP contribution >= 0.6 is 0 Å². The smallest absolute Gasteiger partial charge is 0.414 e. The van der Waals surface area contributed by atoms with Gasteiger partial charge in [-0.2, -0.15) is 0 Å². The Balaban J connectivity index is 2.31. The van der Waals surface area contributed by atoms with Crippen LogP contribution in [0, 0.1) is 5.82 Å². The number of nitrogens with zero attached hydrogens (tertiary/aromatic N) is 1. The zero-order valence-corrected chi connectivity index (χ0v) is 11.4. The van der Waals surface area contributed by atoms with Crippen molar-refractivity contribution in [3.63, 3.8) is 0 Å². The zero-order chi connectivity index (χ0) is 14.2. The fraction of sp³-hybridized carbons (Fsp3) is 0.500. The van der Waals surface area contributed by atoms with E-state index in [1.54, 1.807) is 6.07 Å². The quantitative estimate of drug-likeness (QED) is 0.785. The van der Waals surface area contributed by atoms with Gasteiger partial charge in [-0.15, -0.1) is 0 Å². The molecule has 1 aromatic carbocycles. The first kappa shape index (κ1) is 13.8. The van der Waals surface area contributed by atoms with Gasteiger partial charge in [-0.1, -0.05) is 0 Å². The number of fused-ring (bicyclic) bond motifs is 1. The summed E-state index contributed by atoms with van der Waals surface area (Å²) in [7, 11) is 0. The summed E-state index contributed by atoms with van der Waals surface area (Å²) in [6, 6.07) is 4.04. The number of hydrogen-bond donors (Lipinski definition) is 1. The molecule has 1 heterocycles. The average molecular weight is 266 g/mol. The topological polar surface area (TPSA) is 55.6 Å². The molecule has 0 saturated carbocycles. The molecule has 0 spiro atoms. The summed E-state index contributed by atoms with van der Waals surface area (Å²) < 4.78 is 18.6. The largest absolute Gasteiger partial charge is 0.443 e. The highest BCUT2D eigenvalue weighted by atomic mass is 19.1. The second-order valence-corrected chi connectivity index (χ2v) is 5.73. The fourth-order valence-corrected chi connectivity index (χ4v) is 2.12. The van der Waals surface area contributed by atoms with E-state index in [-0.39, 0.29) is 11.9 Å². The van der Waals surface area contributed by atoms with E-state index >= 15 is 0 Å². The Labute approximate surface area is 112 Å². The van der Waals surface area contributed by atoms with E-state index in [0.29, 0.717) is 24.2 Å². The number of benzene rings is 1. The Morgan fingerprint density at radius 3 is 2.79 bits per heavy atom. The van der Waals surface area contributed by atoms with Crippen molar-refractivity contribution in [2.45, 2.75) is 38.8 Å². The molecule has 2 N–H and O–H groups in total. The number of hydrogen-bond acceptors (Lipinski definition) is 3. The van der Waals surface area contributed by atoms with Gasteiger partial charge in [-0.05, 0) is 51.0 Å². The molecular formula is C14H19FN2O2. The van der Waals surface area contributed by atoms with E-state index in [1.165, 1.54) is 17.0 Å². The minimum Gasteiger partial charge on any atom is -0.443 e. The van der Waals surface area contributed by atoms with Gasteiger partial charge in [0.2, 0.25) is 0 Å². The van der Waals surface area contributed by atoms with E-state index in [0.717, 1.165) is 0 Å². The molecule has 5 heteroatoms. The van der Waals surface area contributed by atoms with Gasteiger partial charge in [0.25, 0.3) is 0 Å². The summed E-state index contributed by atoms with van der Waals surface area (Å²) in [5.41, 5.74) is 6.68. The van der Waals surface area contributed by atoms with Gasteiger partial charge >= 0.3 is 6.09 Å². The monoisotopic (exact) mass is 266 g/mol. The molecule has 1 amide bonds. The highest BCUT2D eigenvalue weighted by molar-refractivity contribution is 5.89. The molecule has 0 bridgehead atoms. The van der Waals surface area contributed by atoms with Gasteiger partial charge in [-0.25, -0.2) is 9.18 Å². The van der Waals surface area contributed by atoms with E-state index in [9.17, 15) is 9.18 Å². The van der Waals surface area contributed by atoms with Crippen LogP contribution in [0.1, 0.15) is 38.8 Å². The van der Waals surface area contributed by atoms with Crippen LogP contribution in [0.2, 0.25) is 0 Å². The van der Waals surface area contributed by atoms with Crippen molar-refractivity contribution in [2.24, 2.45) is 5.73 Å². The lowest BCUT2D eigenvalue weighted by Gasteiger charge is -2.34. The highest BCUT2D eigenvalue weighted by Gasteiger charge is 2.30. The lowest BCUT2D eigenvalue weighted by Crippen LogP contribution is -2.41. The van der Waals surface area contributed by atoms with E-state index in [1.807, 2.05) is 20.8 Å². The molecule has 0 radical (unpaired) electrons. The maximum atomic E-state index is 13.3. The lowest BCUT2D eigenvalue weighted by atomic mass is 9.97. The first-order valence-electron chi connectivity index (χ1n) is 6.33. The summed E-state index contributed by atoms with van der Waals surface area (Å²) in [5, 5.41) is 0. The average Bonchev–Trinajstić information content (AvgIpc) is 2.27. The van der Waals surface area contributed by atoms with Crippen LogP contribution in [0.5, 0.6) is 0 Å². The molecule has 1 aliphatic heterocycles. The molecule has 0 saturated heterocycles. The van der Waals surface area contributed by atoms with Crippen molar-refractivity contribution in [1.82, 2.24) is 0 Å². The third-order valence-corrected chi connectivity index (χ3v) is 2.96. The number of anilines is 1. The third kappa shape index (κ3) is 3.04. The minimum absolute atomic E-state index is 0.246. The van der Waals surface area contributed by atoms with Crippen LogP contribution in [0.4, 0.5) is 14.9 Å². The molecule has 104 valence electrons. The SMILES string of the molecule is CC(C)(C)OC(=O)N1CCC(N)c2cc(F)ccc21. The fourth-order valence-electron chi connectivity index (χ4n) is 2.12. The zero-order valence-electron chi connectivity index (χ0n) is 11.4. The van der Waals surface area contributed by atoms with Crippen LogP contribution in [0.3, 0.4) is 0 Å². The van der Waals surface area contributed by atoms with E-state index in [4.69, 9.17) is 10.5 Å². The predicted molar refractivity (Wildman–Crippen MR) is 71.5 cm³/mol. The number of halogens is 1. The van der Waals surface area contributed by atoms with Gasteiger partial charge in [0.15, 0.2) is 0 Å². The molecule has 0 aliphatic carbocycles. The molecule has 0 fully saturated rings. The number of nitrogens with two attached hydrogens (primary N) is 1. The number of ether oxygens (including phenoxy) is 1. The molecule has 1 atom stereocenters. The van der Waals surface area contributed by atoms with Gasteiger partial charge in [0.1, 0.15) is 11.4 Å². The highest BCUT2D eigenvalue weighted by Crippen LogP contribution is 2.33. The Bertz CT molecular complexity index is 497. The predicted octanol–water partition coefficient (Wildman–Crippen LogP) is 2.97. The van der Waals surface area contributed by atoms with Gasteiger partial charge < -0.3 is 10.5 Å². The Hall–Kier alpha value is -1.62. The standard InChI is InChI=1S/C14H19FN2O2/c1-14(2,3)19-13(18)17-7-6-11(16)10-8-9(15)4-5-12(10)17/h4-5,8,11H,6-7,16H2,1-3H3. The lowest BCUT2D eigenvalue weighted by molar-refractivity contribution is 0.0576. The number of carbonyl (C=O) groups is 1. The number of amides is 1. The van der Waals surface area contributed by atoms with Crippen LogP contribution in [0.15, 0.2) is 18.2 Å². The van der Waals surface area contributed by atoms with Crippen molar-refractivity contribution in [2.75, 3.05) is 11.4 Å². The molecule has 1 unspecified atom stereocenters. The molecule has 0 aromatic heterocycles. The Morgan fingerprint density at radius 1 is 1.47 bits per heavy atom. The summed E-state index contributed by atoms with van der Waals surface area (Å²) >= 11 is 0. The first-order chi connectivity index (χ1) is 8.78. The van der Waals surface area contributed by atoms with Gasteiger partial charge in [0.05, 0.1) is 5.69 Å². The van der Waals surface area contributed by atoms with Crippen LogP contribution in [-0.2, 0) is 4.74 Å². The molecular weight excluding hydrogens is 247 g/mol. The second kappa shape index (κ2) is 4.81. The van der Waals surface area contributed by atoms with Crippen molar-refractivity contribution in [1.29, 1.82) is 0 Å². The van der Waals surface area contributed by atoms with Crippen LogP contribution in [0.25, 0.3) is 0 Å². The minimum atomic E-state index is -0.559. The van der Waals surface area contributed by atoms with Gasteiger partial charge in [0, 0.05) is 12.6 Å². The summed E-state index contributed by atoms with van der Waals surface area (Å²) in [6.07, 6.45) is 0.169. The summed E-state index contributed by atoms with van der Waals surface area (Å²) in [4.78, 5) is 13.7. The summed E-state index contributed by atoms with van der Waals surface area (Å²) in [5.74, 6) is -0.347. The van der Waals surface area contributed by atoms with Crippen LogP contribution < -0.4 is 10.6 Å². The number of carbonyl (C=O) groups excluding carboxylic acids is 1. The normalized spacial score (nSPS) is 19.0. The van der Waals surface area contributed by atoms with E-state index in [2.05, 4.69) is 0 Å². The molecule has 1 aromatic rings. The Kier molecular flexibility index (Phi) is 3.49. The van der Waals surface area contributed by atoms with Crippen LogP contribution in [-0.4, -0.2) is 18.2 Å². The van der Waals surface area contributed by atoms with Crippen molar-refractivity contribution in [3.05, 3.63) is 29.6 Å². The number of rotatable bonds is 0. The maximum absolute atomic E-state index is 13.3. The first-order valence-corrected chi connectivity index (χ1v) is 6.33. The molecule has 1 aliphatic rings. The molecule has 19 heavy (non-hydrogen) atoms. The van der Waals surface area contributed by atoms with Gasteiger partial charge in [-0.3, -0.25) is 4.90 Å². The van der Waals surface area contributed by atoms with Crippen molar-refractivity contribution < 1.29 is 13.9 Å². The maximum Gasteiger partial charge on any atom is 0.414 e. The third-order valence-electron chi connectivity index (χ3n) is 2.96. The Morgan fingerprint density at radius 2 is 2.16 bits per heavy atom. The van der Waals surface area contributed by atoms with E-state index < -0.39 is 11.7 Å². The van der Waals surface area contributed by atoms with Crippen molar-refractivity contribution >= 4 is 11.8 Å². The molecule has 2 rings (SSSR count). The summed E-state index contributed by atoms with van der Waals surface area (Å²) in [6.45, 7) is 5.92. The van der Waals surface area contributed by atoms with Crippen molar-refractivity contribution in [3.8, 4) is 0 Å². The molecule has 4 nitrogen and oxygen atoms in total. The second-order valence-electron chi connectivity index (χ2n) is 5.73.